The Labute approximate surface area is 117 Å². The predicted octanol–water partition coefficient (Wildman–Crippen LogP) is 2.24. The maximum atomic E-state index is 11.7. The van der Waals surface area contributed by atoms with Crippen molar-refractivity contribution in [1.82, 2.24) is 9.55 Å². The third kappa shape index (κ3) is 3.23. The van der Waals surface area contributed by atoms with Gasteiger partial charge in [0.1, 0.15) is 11.6 Å². The number of imidazole rings is 1. The van der Waals surface area contributed by atoms with Gasteiger partial charge in [0.25, 0.3) is 0 Å². The maximum absolute atomic E-state index is 11.7. The van der Waals surface area contributed by atoms with Crippen LogP contribution in [0.15, 0.2) is 0 Å². The number of carbonyl (C=O) groups excluding carboxylic acids is 1. The zero-order valence-electron chi connectivity index (χ0n) is 11.5. The van der Waals surface area contributed by atoms with Crippen molar-refractivity contribution in [2.24, 2.45) is 0 Å². The fraction of sp³-hybridized carbons (Fsp3) is 0.692. The van der Waals surface area contributed by atoms with E-state index in [-0.39, 0.29) is 5.69 Å². The minimum atomic E-state index is -0.432. The summed E-state index contributed by atoms with van der Waals surface area (Å²) in [6, 6.07) is 0. The third-order valence-electron chi connectivity index (χ3n) is 3.33. The van der Waals surface area contributed by atoms with Crippen LogP contribution in [0.4, 0.5) is 5.82 Å². The Hall–Kier alpha value is -1.17. The number of esters is 1. The van der Waals surface area contributed by atoms with E-state index in [0.29, 0.717) is 17.7 Å². The Morgan fingerprint density at radius 3 is 3.00 bits per heavy atom. The molecule has 0 bridgehead atoms. The smallest absolute Gasteiger partial charge is 0.360 e. The molecule has 1 aromatic heterocycles. The zero-order chi connectivity index (χ0) is 13.8. The first-order valence-electron chi connectivity index (χ1n) is 6.74. The lowest BCUT2D eigenvalue weighted by Gasteiger charge is -2.22. The van der Waals surface area contributed by atoms with Crippen LogP contribution < -0.4 is 5.73 Å². The molecule has 1 aliphatic rings. The molecule has 5 nitrogen and oxygen atoms in total. The lowest BCUT2D eigenvalue weighted by molar-refractivity contribution is 0.0521. The van der Waals surface area contributed by atoms with E-state index in [4.69, 9.17) is 10.5 Å². The Kier molecular flexibility index (Phi) is 4.74. The molecule has 6 heteroatoms. The van der Waals surface area contributed by atoms with Gasteiger partial charge in [-0.15, -0.1) is 0 Å². The molecule has 0 aromatic carbocycles. The number of nitrogen functional groups attached to an aromatic ring is 1. The summed E-state index contributed by atoms with van der Waals surface area (Å²) in [4.78, 5) is 16.0. The van der Waals surface area contributed by atoms with Gasteiger partial charge in [0, 0.05) is 11.8 Å². The largest absolute Gasteiger partial charge is 0.461 e. The number of aromatic nitrogens is 2. The highest BCUT2D eigenvalue weighted by Crippen LogP contribution is 2.28. The number of ether oxygens (including phenoxy) is 1. The van der Waals surface area contributed by atoms with E-state index < -0.39 is 5.97 Å². The Balaban J connectivity index is 2.14. The van der Waals surface area contributed by atoms with Crippen LogP contribution in [0.3, 0.4) is 0 Å². The second kappa shape index (κ2) is 6.32. The zero-order valence-corrected chi connectivity index (χ0v) is 12.3. The maximum Gasteiger partial charge on any atom is 0.360 e. The molecule has 2 rings (SSSR count). The van der Waals surface area contributed by atoms with Gasteiger partial charge in [0.05, 0.1) is 6.61 Å². The molecule has 0 aliphatic carbocycles. The van der Waals surface area contributed by atoms with E-state index >= 15 is 0 Å². The molecule has 1 saturated heterocycles. The SMILES string of the molecule is CCOC(=O)c1nc(C)n(CC2CCCCS2)c1N. The molecular formula is C13H21N3O2S. The number of thioether (sulfide) groups is 1. The first-order chi connectivity index (χ1) is 9.13. The average molecular weight is 283 g/mol. The summed E-state index contributed by atoms with van der Waals surface area (Å²) in [6.45, 7) is 4.82. The molecule has 1 fully saturated rings. The van der Waals surface area contributed by atoms with E-state index in [1.807, 2.05) is 23.3 Å². The van der Waals surface area contributed by atoms with Crippen LogP contribution in [0.25, 0.3) is 0 Å². The van der Waals surface area contributed by atoms with Crippen molar-refractivity contribution in [2.45, 2.75) is 44.9 Å². The molecule has 19 heavy (non-hydrogen) atoms. The number of anilines is 1. The molecule has 0 spiro atoms. The number of hydrogen-bond acceptors (Lipinski definition) is 5. The first-order valence-corrected chi connectivity index (χ1v) is 7.79. The van der Waals surface area contributed by atoms with Crippen molar-refractivity contribution in [3.05, 3.63) is 11.5 Å². The van der Waals surface area contributed by atoms with Gasteiger partial charge in [-0.25, -0.2) is 9.78 Å². The third-order valence-corrected chi connectivity index (χ3v) is 4.71. The lowest BCUT2D eigenvalue weighted by atomic mass is 10.2. The summed E-state index contributed by atoms with van der Waals surface area (Å²) >= 11 is 1.98. The highest BCUT2D eigenvalue weighted by Gasteiger charge is 2.22. The van der Waals surface area contributed by atoms with Crippen LogP contribution in [0.2, 0.25) is 0 Å². The summed E-state index contributed by atoms with van der Waals surface area (Å²) < 4.78 is 6.91. The fourth-order valence-corrected chi connectivity index (χ4v) is 3.61. The minimum Gasteiger partial charge on any atom is -0.461 e. The summed E-state index contributed by atoms with van der Waals surface area (Å²) in [6.07, 6.45) is 3.78. The van der Waals surface area contributed by atoms with Gasteiger partial charge in [-0.2, -0.15) is 11.8 Å². The van der Waals surface area contributed by atoms with Crippen molar-refractivity contribution < 1.29 is 9.53 Å². The van der Waals surface area contributed by atoms with Crippen molar-refractivity contribution in [3.8, 4) is 0 Å². The summed E-state index contributed by atoms with van der Waals surface area (Å²) in [7, 11) is 0. The lowest BCUT2D eigenvalue weighted by Crippen LogP contribution is -2.19. The molecule has 106 valence electrons. The standard InChI is InChI=1S/C13H21N3O2S/c1-3-18-13(17)11-12(14)16(9(2)15-11)8-10-6-4-5-7-19-10/h10H,3-8,14H2,1-2H3. The molecule has 0 radical (unpaired) electrons. The number of nitrogens with zero attached hydrogens (tertiary/aromatic N) is 2. The van der Waals surface area contributed by atoms with Crippen LogP contribution in [-0.4, -0.2) is 33.1 Å². The van der Waals surface area contributed by atoms with E-state index in [0.717, 1.165) is 12.4 Å². The van der Waals surface area contributed by atoms with Crippen LogP contribution in [0, 0.1) is 6.92 Å². The summed E-state index contributed by atoms with van der Waals surface area (Å²) in [5.41, 5.74) is 6.29. The molecule has 2 heterocycles. The number of carbonyl (C=O) groups is 1. The van der Waals surface area contributed by atoms with Gasteiger partial charge in [0.2, 0.25) is 0 Å². The van der Waals surface area contributed by atoms with Crippen molar-refractivity contribution >= 4 is 23.5 Å². The quantitative estimate of drug-likeness (QED) is 0.858. The Morgan fingerprint density at radius 2 is 2.37 bits per heavy atom. The molecule has 1 atom stereocenters. The van der Waals surface area contributed by atoms with Crippen LogP contribution in [-0.2, 0) is 11.3 Å². The highest BCUT2D eigenvalue weighted by molar-refractivity contribution is 7.99. The normalized spacial score (nSPS) is 19.4. The van der Waals surface area contributed by atoms with Gasteiger partial charge in [0.15, 0.2) is 5.69 Å². The monoisotopic (exact) mass is 283 g/mol. The fourth-order valence-electron chi connectivity index (χ4n) is 2.32. The highest BCUT2D eigenvalue weighted by atomic mass is 32.2. The van der Waals surface area contributed by atoms with Crippen LogP contribution in [0.5, 0.6) is 0 Å². The van der Waals surface area contributed by atoms with Gasteiger partial charge < -0.3 is 15.0 Å². The molecule has 1 aromatic rings. The Morgan fingerprint density at radius 1 is 1.58 bits per heavy atom. The molecule has 2 N–H and O–H groups in total. The molecule has 0 amide bonds. The van der Waals surface area contributed by atoms with Crippen LogP contribution in [0.1, 0.15) is 42.5 Å². The molecule has 0 saturated carbocycles. The average Bonchev–Trinajstić information content (AvgIpc) is 2.68. The van der Waals surface area contributed by atoms with Crippen LogP contribution >= 0.6 is 11.8 Å². The van der Waals surface area contributed by atoms with Gasteiger partial charge in [-0.1, -0.05) is 6.42 Å². The molecule has 1 unspecified atom stereocenters. The van der Waals surface area contributed by atoms with E-state index in [1.165, 1.54) is 25.0 Å². The number of aryl methyl sites for hydroxylation is 1. The molecular weight excluding hydrogens is 262 g/mol. The summed E-state index contributed by atoms with van der Waals surface area (Å²) in [5.74, 6) is 2.00. The van der Waals surface area contributed by atoms with E-state index in [9.17, 15) is 4.79 Å². The van der Waals surface area contributed by atoms with Crippen molar-refractivity contribution in [3.63, 3.8) is 0 Å². The second-order valence-electron chi connectivity index (χ2n) is 4.71. The van der Waals surface area contributed by atoms with Gasteiger partial charge >= 0.3 is 5.97 Å². The van der Waals surface area contributed by atoms with Crippen molar-refractivity contribution in [2.75, 3.05) is 18.1 Å². The van der Waals surface area contributed by atoms with E-state index in [1.54, 1.807) is 6.92 Å². The number of hydrogen-bond donors (Lipinski definition) is 1. The molecule has 1 aliphatic heterocycles. The minimum absolute atomic E-state index is 0.250. The summed E-state index contributed by atoms with van der Waals surface area (Å²) in [5, 5.41) is 0.569. The van der Waals surface area contributed by atoms with Gasteiger partial charge in [-0.05, 0) is 32.4 Å². The van der Waals surface area contributed by atoms with E-state index in [2.05, 4.69) is 4.98 Å². The Bertz CT molecular complexity index is 453. The van der Waals surface area contributed by atoms with Gasteiger partial charge in [-0.3, -0.25) is 0 Å². The number of rotatable bonds is 4. The van der Waals surface area contributed by atoms with Crippen molar-refractivity contribution in [1.29, 1.82) is 0 Å². The first kappa shape index (κ1) is 14.2. The topological polar surface area (TPSA) is 70.1 Å². The predicted molar refractivity (Wildman–Crippen MR) is 77.4 cm³/mol. The second-order valence-corrected chi connectivity index (χ2v) is 6.12. The number of nitrogens with two attached hydrogens (primary N) is 1.